The van der Waals surface area contributed by atoms with Crippen molar-refractivity contribution in [3.05, 3.63) is 71.8 Å². The van der Waals surface area contributed by atoms with Crippen molar-refractivity contribution in [3.63, 3.8) is 0 Å². The largest absolute Gasteiger partial charge is 0.397 e. The molecular formula is C14H15ClN2. The van der Waals surface area contributed by atoms with Crippen LogP contribution in [-0.4, -0.2) is 0 Å². The van der Waals surface area contributed by atoms with Crippen LogP contribution in [-0.2, 0) is 0 Å². The van der Waals surface area contributed by atoms with Gasteiger partial charge in [-0.25, -0.2) is 0 Å². The first-order valence-electron chi connectivity index (χ1n) is 5.15. The Hall–Kier alpha value is -1.93. The van der Waals surface area contributed by atoms with Crippen LogP contribution in [0.25, 0.3) is 11.4 Å². The fourth-order valence-electron chi connectivity index (χ4n) is 1.55. The number of halogens is 1. The van der Waals surface area contributed by atoms with Gasteiger partial charge >= 0.3 is 0 Å². The molecule has 0 aliphatic heterocycles. The topological polar surface area (TPSA) is 52.0 Å². The summed E-state index contributed by atoms with van der Waals surface area (Å²) in [6.07, 6.45) is 0. The van der Waals surface area contributed by atoms with Crippen LogP contribution in [0.2, 0.25) is 0 Å². The Balaban J connectivity index is 0.00000144. The Morgan fingerprint density at radius 3 is 1.18 bits per heavy atom. The van der Waals surface area contributed by atoms with Gasteiger partial charge in [0, 0.05) is 0 Å². The van der Waals surface area contributed by atoms with E-state index < -0.39 is 0 Å². The molecule has 2 aromatic carbocycles. The fraction of sp³-hybridized carbons (Fsp3) is 0. The van der Waals surface area contributed by atoms with E-state index in [4.69, 9.17) is 11.5 Å². The van der Waals surface area contributed by atoms with E-state index in [9.17, 15) is 0 Å². The average molecular weight is 247 g/mol. The Labute approximate surface area is 107 Å². The lowest BCUT2D eigenvalue weighted by molar-refractivity contribution is 1.45. The van der Waals surface area contributed by atoms with Gasteiger partial charge in [-0.15, -0.1) is 12.4 Å². The molecule has 0 aromatic heterocycles. The molecule has 3 heteroatoms. The molecule has 0 saturated heterocycles. The van der Waals surface area contributed by atoms with E-state index in [0.29, 0.717) is 11.4 Å². The van der Waals surface area contributed by atoms with Gasteiger partial charge in [-0.3, -0.25) is 0 Å². The monoisotopic (exact) mass is 246 g/mol. The third-order valence-corrected chi connectivity index (χ3v) is 2.46. The first-order valence-corrected chi connectivity index (χ1v) is 5.15. The minimum Gasteiger partial charge on any atom is -0.397 e. The van der Waals surface area contributed by atoms with Crippen LogP contribution < -0.4 is 11.5 Å². The minimum absolute atomic E-state index is 0. The normalized spacial score (nSPS) is 11.3. The summed E-state index contributed by atoms with van der Waals surface area (Å²) in [4.78, 5) is 0. The molecule has 0 fully saturated rings. The van der Waals surface area contributed by atoms with Gasteiger partial charge in [-0.2, -0.15) is 0 Å². The van der Waals surface area contributed by atoms with Crippen molar-refractivity contribution in [2.24, 2.45) is 11.5 Å². The van der Waals surface area contributed by atoms with Crippen LogP contribution >= 0.6 is 12.4 Å². The molecule has 0 aliphatic carbocycles. The van der Waals surface area contributed by atoms with E-state index in [1.165, 1.54) is 0 Å². The zero-order valence-corrected chi connectivity index (χ0v) is 10.2. The summed E-state index contributed by atoms with van der Waals surface area (Å²) in [6, 6.07) is 19.5. The van der Waals surface area contributed by atoms with E-state index >= 15 is 0 Å². The van der Waals surface area contributed by atoms with Crippen LogP contribution in [0.4, 0.5) is 0 Å². The predicted octanol–water partition coefficient (Wildman–Crippen LogP) is 2.85. The Morgan fingerprint density at radius 2 is 0.882 bits per heavy atom. The quantitative estimate of drug-likeness (QED) is 0.801. The molecule has 17 heavy (non-hydrogen) atoms. The Morgan fingerprint density at radius 1 is 0.588 bits per heavy atom. The average Bonchev–Trinajstić information content (AvgIpc) is 2.39. The highest BCUT2D eigenvalue weighted by Gasteiger charge is 2.03. The maximum atomic E-state index is 6.03. The number of hydrogen-bond acceptors (Lipinski definition) is 2. The highest BCUT2D eigenvalue weighted by molar-refractivity contribution is 5.87. The summed E-state index contributed by atoms with van der Waals surface area (Å²) in [6.45, 7) is 0. The van der Waals surface area contributed by atoms with Gasteiger partial charge in [0.05, 0.1) is 11.4 Å². The van der Waals surface area contributed by atoms with E-state index in [2.05, 4.69) is 0 Å². The highest BCUT2D eigenvalue weighted by Crippen LogP contribution is 2.17. The summed E-state index contributed by atoms with van der Waals surface area (Å²) in [5, 5.41) is 0. The van der Waals surface area contributed by atoms with Crippen molar-refractivity contribution in [1.82, 2.24) is 0 Å². The number of benzene rings is 2. The predicted molar refractivity (Wildman–Crippen MR) is 75.3 cm³/mol. The van der Waals surface area contributed by atoms with Crippen LogP contribution in [0.1, 0.15) is 11.1 Å². The first-order chi connectivity index (χ1) is 7.79. The Bertz CT molecular complexity index is 445. The molecule has 0 atom stereocenters. The molecule has 2 aromatic rings. The summed E-state index contributed by atoms with van der Waals surface area (Å²) < 4.78 is 0. The summed E-state index contributed by atoms with van der Waals surface area (Å²) in [5.74, 6) is 0. The standard InChI is InChI=1S/C14H14N2.ClH/c15-13(11-7-3-1-4-8-11)14(16)12-9-5-2-6-10-12;/h1-10H,15-16H2;1H. The van der Waals surface area contributed by atoms with Crippen LogP contribution in [0.15, 0.2) is 60.7 Å². The third-order valence-electron chi connectivity index (χ3n) is 2.46. The van der Waals surface area contributed by atoms with Crippen LogP contribution in [0.3, 0.4) is 0 Å². The summed E-state index contributed by atoms with van der Waals surface area (Å²) in [7, 11) is 0. The van der Waals surface area contributed by atoms with Gasteiger partial charge < -0.3 is 11.5 Å². The van der Waals surface area contributed by atoms with Crippen molar-refractivity contribution >= 4 is 23.8 Å². The van der Waals surface area contributed by atoms with Crippen molar-refractivity contribution in [2.45, 2.75) is 0 Å². The zero-order chi connectivity index (χ0) is 11.4. The summed E-state index contributed by atoms with van der Waals surface area (Å²) >= 11 is 0. The maximum absolute atomic E-state index is 6.03. The smallest absolute Gasteiger partial charge is 0.0627 e. The molecule has 4 N–H and O–H groups in total. The van der Waals surface area contributed by atoms with Gasteiger partial charge in [-0.1, -0.05) is 60.7 Å². The van der Waals surface area contributed by atoms with Crippen molar-refractivity contribution in [2.75, 3.05) is 0 Å². The fourth-order valence-corrected chi connectivity index (χ4v) is 1.55. The maximum Gasteiger partial charge on any atom is 0.0627 e. The molecule has 0 radical (unpaired) electrons. The molecular weight excluding hydrogens is 232 g/mol. The molecule has 0 heterocycles. The second kappa shape index (κ2) is 5.97. The number of rotatable bonds is 2. The molecule has 2 nitrogen and oxygen atoms in total. The van der Waals surface area contributed by atoms with Gasteiger partial charge in [-0.05, 0) is 11.1 Å². The number of hydrogen-bond donors (Lipinski definition) is 2. The first kappa shape index (κ1) is 13.1. The molecule has 0 aliphatic rings. The van der Waals surface area contributed by atoms with E-state index in [1.54, 1.807) is 0 Å². The van der Waals surface area contributed by atoms with Gasteiger partial charge in [0.2, 0.25) is 0 Å². The van der Waals surface area contributed by atoms with E-state index in [-0.39, 0.29) is 12.4 Å². The van der Waals surface area contributed by atoms with Crippen molar-refractivity contribution in [1.29, 1.82) is 0 Å². The minimum atomic E-state index is 0. The lowest BCUT2D eigenvalue weighted by Gasteiger charge is -2.07. The second-order valence-corrected chi connectivity index (χ2v) is 3.56. The number of nitrogens with two attached hydrogens (primary N) is 2. The zero-order valence-electron chi connectivity index (χ0n) is 9.34. The molecule has 2 rings (SSSR count). The van der Waals surface area contributed by atoms with Crippen molar-refractivity contribution in [3.8, 4) is 0 Å². The van der Waals surface area contributed by atoms with Crippen molar-refractivity contribution < 1.29 is 0 Å². The highest BCUT2D eigenvalue weighted by atomic mass is 35.5. The molecule has 0 amide bonds. The van der Waals surface area contributed by atoms with Crippen LogP contribution in [0.5, 0.6) is 0 Å². The lowest BCUT2D eigenvalue weighted by Crippen LogP contribution is -2.07. The molecule has 0 spiro atoms. The van der Waals surface area contributed by atoms with Crippen LogP contribution in [0, 0.1) is 0 Å². The summed E-state index contributed by atoms with van der Waals surface area (Å²) in [5.41, 5.74) is 15.2. The van der Waals surface area contributed by atoms with E-state index in [0.717, 1.165) is 11.1 Å². The third kappa shape index (κ3) is 3.02. The van der Waals surface area contributed by atoms with Gasteiger partial charge in [0.15, 0.2) is 0 Å². The molecule has 0 bridgehead atoms. The van der Waals surface area contributed by atoms with Gasteiger partial charge in [0.1, 0.15) is 0 Å². The van der Waals surface area contributed by atoms with Gasteiger partial charge in [0.25, 0.3) is 0 Å². The lowest BCUT2D eigenvalue weighted by atomic mass is 10.1. The molecule has 0 unspecified atom stereocenters. The molecule has 0 saturated carbocycles. The van der Waals surface area contributed by atoms with E-state index in [1.807, 2.05) is 60.7 Å². The molecule has 88 valence electrons. The SMILES string of the molecule is Cl.NC(=C(N)c1ccccc1)c1ccccc1. The Kier molecular flexibility index (Phi) is 4.61. The second-order valence-electron chi connectivity index (χ2n) is 3.56.